The molecule has 0 unspecified atom stereocenters. The Hall–Kier alpha value is -3.33. The third-order valence-electron chi connectivity index (χ3n) is 4.24. The van der Waals surface area contributed by atoms with Crippen LogP contribution in [0.2, 0.25) is 0 Å². The molecule has 28 heavy (non-hydrogen) atoms. The Bertz CT molecular complexity index is 940. The summed E-state index contributed by atoms with van der Waals surface area (Å²) in [7, 11) is 0. The quantitative estimate of drug-likeness (QED) is 0.271. The van der Waals surface area contributed by atoms with E-state index in [4.69, 9.17) is 14.5 Å². The lowest BCUT2D eigenvalue weighted by Crippen LogP contribution is -2.12. The van der Waals surface area contributed by atoms with Gasteiger partial charge in [-0.15, -0.1) is 0 Å². The van der Waals surface area contributed by atoms with Crippen LogP contribution in [0.1, 0.15) is 24.5 Å². The van der Waals surface area contributed by atoms with Crippen LogP contribution in [0.15, 0.2) is 95.7 Å². The fourth-order valence-corrected chi connectivity index (χ4v) is 2.54. The molecule has 0 saturated heterocycles. The predicted molar refractivity (Wildman–Crippen MR) is 116 cm³/mol. The van der Waals surface area contributed by atoms with E-state index < -0.39 is 0 Å². The topological polar surface area (TPSA) is 30.8 Å². The van der Waals surface area contributed by atoms with E-state index in [1.54, 1.807) is 6.26 Å². The third-order valence-corrected chi connectivity index (χ3v) is 4.24. The summed E-state index contributed by atoms with van der Waals surface area (Å²) in [6.07, 6.45) is 2.45. The average molecular weight is 371 g/mol. The van der Waals surface area contributed by atoms with E-state index in [2.05, 4.69) is 20.8 Å². The van der Waals surface area contributed by atoms with Crippen LogP contribution in [0.5, 0.6) is 11.5 Å². The molecule has 0 aliphatic carbocycles. The number of ether oxygens (including phenoxy) is 2. The molecular weight excluding hydrogens is 346 g/mol. The molecule has 0 radical (unpaired) electrons. The first kappa shape index (κ1) is 19.4. The van der Waals surface area contributed by atoms with Gasteiger partial charge >= 0.3 is 0 Å². The lowest BCUT2D eigenvalue weighted by atomic mass is 10.2. The SMILES string of the molecule is CCC(=COc1ccc(C)cc1)C(=Nc1ccc(C)cc1)Oc1ccccc1. The highest BCUT2D eigenvalue weighted by Crippen LogP contribution is 2.20. The van der Waals surface area contributed by atoms with Crippen molar-refractivity contribution in [2.45, 2.75) is 27.2 Å². The number of para-hydroxylation sites is 1. The van der Waals surface area contributed by atoms with Crippen LogP contribution in [0, 0.1) is 13.8 Å². The molecule has 0 spiro atoms. The first-order valence-corrected chi connectivity index (χ1v) is 9.45. The molecule has 0 saturated carbocycles. The van der Waals surface area contributed by atoms with Crippen molar-refractivity contribution < 1.29 is 9.47 Å². The lowest BCUT2D eigenvalue weighted by molar-refractivity contribution is 0.471. The molecule has 0 aliphatic rings. The summed E-state index contributed by atoms with van der Waals surface area (Å²) < 4.78 is 12.0. The van der Waals surface area contributed by atoms with E-state index in [-0.39, 0.29) is 0 Å². The number of hydrogen-bond acceptors (Lipinski definition) is 3. The zero-order chi connectivity index (χ0) is 19.8. The molecule has 0 heterocycles. The van der Waals surface area contributed by atoms with Gasteiger partial charge < -0.3 is 9.47 Å². The minimum absolute atomic E-state index is 0.532. The van der Waals surface area contributed by atoms with Crippen LogP contribution >= 0.6 is 0 Å². The Morgan fingerprint density at radius 2 is 1.39 bits per heavy atom. The molecule has 0 fully saturated rings. The molecule has 3 aromatic rings. The molecule has 0 N–H and O–H groups in total. The van der Waals surface area contributed by atoms with Crippen LogP contribution in [0.3, 0.4) is 0 Å². The maximum atomic E-state index is 6.11. The number of aryl methyl sites for hydroxylation is 2. The van der Waals surface area contributed by atoms with Crippen molar-refractivity contribution in [2.24, 2.45) is 4.99 Å². The summed E-state index contributed by atoms with van der Waals surface area (Å²) >= 11 is 0. The Morgan fingerprint density at radius 1 is 0.786 bits per heavy atom. The summed E-state index contributed by atoms with van der Waals surface area (Å²) in [5, 5.41) is 0. The van der Waals surface area contributed by atoms with Gasteiger partial charge in [-0.1, -0.05) is 60.5 Å². The molecular formula is C25H25NO2. The third kappa shape index (κ3) is 5.58. The summed E-state index contributed by atoms with van der Waals surface area (Å²) in [4.78, 5) is 4.74. The summed E-state index contributed by atoms with van der Waals surface area (Å²) in [5.74, 6) is 2.05. The van der Waals surface area contributed by atoms with Gasteiger partial charge in [0.15, 0.2) is 0 Å². The number of rotatable bonds is 6. The Balaban J connectivity index is 1.91. The van der Waals surface area contributed by atoms with Gasteiger partial charge in [0, 0.05) is 5.57 Å². The van der Waals surface area contributed by atoms with Gasteiger partial charge in [0.1, 0.15) is 11.5 Å². The Kier molecular flexibility index (Phi) is 6.64. The molecule has 3 heteroatoms. The normalized spacial score (nSPS) is 12.0. The van der Waals surface area contributed by atoms with E-state index in [9.17, 15) is 0 Å². The van der Waals surface area contributed by atoms with E-state index in [0.29, 0.717) is 5.90 Å². The largest absolute Gasteiger partial charge is 0.465 e. The Morgan fingerprint density at radius 3 is 2.00 bits per heavy atom. The van der Waals surface area contributed by atoms with Crippen LogP contribution in [0.25, 0.3) is 0 Å². The van der Waals surface area contributed by atoms with Crippen molar-refractivity contribution in [3.05, 3.63) is 102 Å². The molecule has 0 atom stereocenters. The Labute approximate surface area is 167 Å². The van der Waals surface area contributed by atoms with Crippen molar-refractivity contribution in [1.82, 2.24) is 0 Å². The van der Waals surface area contributed by atoms with Crippen LogP contribution < -0.4 is 9.47 Å². The van der Waals surface area contributed by atoms with Gasteiger partial charge in [0.25, 0.3) is 0 Å². The van der Waals surface area contributed by atoms with Crippen molar-refractivity contribution in [3.8, 4) is 11.5 Å². The maximum Gasteiger partial charge on any atom is 0.226 e. The molecule has 3 aromatic carbocycles. The highest BCUT2D eigenvalue weighted by Gasteiger charge is 2.10. The van der Waals surface area contributed by atoms with E-state index in [1.807, 2.05) is 78.9 Å². The van der Waals surface area contributed by atoms with Gasteiger partial charge in [-0.2, -0.15) is 0 Å². The van der Waals surface area contributed by atoms with Gasteiger partial charge in [0.05, 0.1) is 11.9 Å². The van der Waals surface area contributed by atoms with Crippen LogP contribution in [0.4, 0.5) is 5.69 Å². The highest BCUT2D eigenvalue weighted by molar-refractivity contribution is 5.96. The molecule has 3 nitrogen and oxygen atoms in total. The molecule has 0 aromatic heterocycles. The number of benzene rings is 3. The molecule has 0 aliphatic heterocycles. The second-order valence-electron chi connectivity index (χ2n) is 6.60. The second kappa shape index (κ2) is 9.56. The monoisotopic (exact) mass is 371 g/mol. The molecule has 3 rings (SSSR count). The summed E-state index contributed by atoms with van der Waals surface area (Å²) in [6.45, 7) is 6.17. The van der Waals surface area contributed by atoms with Gasteiger partial charge in [-0.3, -0.25) is 0 Å². The van der Waals surface area contributed by atoms with Crippen molar-refractivity contribution in [2.75, 3.05) is 0 Å². The zero-order valence-corrected chi connectivity index (χ0v) is 16.6. The minimum Gasteiger partial charge on any atom is -0.465 e. The first-order chi connectivity index (χ1) is 13.6. The zero-order valence-electron chi connectivity index (χ0n) is 16.6. The fourth-order valence-electron chi connectivity index (χ4n) is 2.54. The van der Waals surface area contributed by atoms with Crippen LogP contribution in [-0.2, 0) is 0 Å². The molecule has 0 bridgehead atoms. The van der Waals surface area contributed by atoms with Gasteiger partial charge in [0.2, 0.25) is 5.90 Å². The number of hydrogen-bond donors (Lipinski definition) is 0. The van der Waals surface area contributed by atoms with Gasteiger partial charge in [-0.05, 0) is 56.7 Å². The van der Waals surface area contributed by atoms with Crippen molar-refractivity contribution >= 4 is 11.6 Å². The van der Waals surface area contributed by atoms with Crippen LogP contribution in [-0.4, -0.2) is 5.90 Å². The second-order valence-corrected chi connectivity index (χ2v) is 6.60. The maximum absolute atomic E-state index is 6.11. The lowest BCUT2D eigenvalue weighted by Gasteiger charge is -2.12. The molecule has 0 amide bonds. The van der Waals surface area contributed by atoms with E-state index >= 15 is 0 Å². The van der Waals surface area contributed by atoms with Crippen molar-refractivity contribution in [1.29, 1.82) is 0 Å². The minimum atomic E-state index is 0.532. The number of aliphatic imine (C=N–C) groups is 1. The highest BCUT2D eigenvalue weighted by atomic mass is 16.5. The standard InChI is InChI=1S/C25H25NO2/c1-4-21(18-27-23-16-12-20(3)13-17-23)25(28-24-8-6-5-7-9-24)26-22-14-10-19(2)11-15-22/h5-18H,4H2,1-3H3. The van der Waals surface area contributed by atoms with E-state index in [0.717, 1.165) is 29.2 Å². The first-order valence-electron chi connectivity index (χ1n) is 9.45. The number of nitrogens with zero attached hydrogens (tertiary/aromatic N) is 1. The fraction of sp³-hybridized carbons (Fsp3) is 0.160. The predicted octanol–water partition coefficient (Wildman–Crippen LogP) is 6.79. The summed E-state index contributed by atoms with van der Waals surface area (Å²) in [6, 6.07) is 25.7. The smallest absolute Gasteiger partial charge is 0.226 e. The average Bonchev–Trinajstić information content (AvgIpc) is 2.72. The molecule has 142 valence electrons. The van der Waals surface area contributed by atoms with E-state index in [1.165, 1.54) is 11.1 Å². The summed E-state index contributed by atoms with van der Waals surface area (Å²) in [5.41, 5.74) is 4.11. The van der Waals surface area contributed by atoms with Crippen molar-refractivity contribution in [3.63, 3.8) is 0 Å². The van der Waals surface area contributed by atoms with Gasteiger partial charge in [-0.25, -0.2) is 4.99 Å².